The number of carbonyl (C=O) groups excluding carboxylic acids is 1. The highest BCUT2D eigenvalue weighted by atomic mass is 16.5. The van der Waals surface area contributed by atoms with Crippen molar-refractivity contribution in [2.75, 3.05) is 6.61 Å². The smallest absolute Gasteiger partial charge is 0.272 e. The SMILES string of the molecule is CCOc1cc(C(=O)NCc2c(C)nn(C)c2C)nn1-c1ccccc1. The summed E-state index contributed by atoms with van der Waals surface area (Å²) in [6, 6.07) is 11.3. The zero-order valence-electron chi connectivity index (χ0n) is 15.5. The van der Waals surface area contributed by atoms with Crippen LogP contribution in [0.3, 0.4) is 0 Å². The predicted octanol–water partition coefficient (Wildman–Crippen LogP) is 2.55. The molecule has 2 aromatic heterocycles. The fraction of sp³-hybridized carbons (Fsp3) is 0.316. The average molecular weight is 353 g/mol. The van der Waals surface area contributed by atoms with Gasteiger partial charge in [-0.25, -0.2) is 4.68 Å². The molecule has 2 heterocycles. The molecule has 0 bridgehead atoms. The van der Waals surface area contributed by atoms with Gasteiger partial charge in [-0.1, -0.05) is 18.2 Å². The molecule has 0 spiro atoms. The van der Waals surface area contributed by atoms with E-state index in [1.54, 1.807) is 10.7 Å². The maximum Gasteiger partial charge on any atom is 0.272 e. The van der Waals surface area contributed by atoms with Crippen LogP contribution in [-0.4, -0.2) is 32.1 Å². The number of hydrogen-bond acceptors (Lipinski definition) is 4. The van der Waals surface area contributed by atoms with E-state index >= 15 is 0 Å². The Morgan fingerprint density at radius 2 is 1.92 bits per heavy atom. The van der Waals surface area contributed by atoms with Gasteiger partial charge in [0.1, 0.15) is 0 Å². The zero-order chi connectivity index (χ0) is 18.7. The fourth-order valence-electron chi connectivity index (χ4n) is 2.81. The summed E-state index contributed by atoms with van der Waals surface area (Å²) in [4.78, 5) is 12.6. The van der Waals surface area contributed by atoms with Crippen molar-refractivity contribution in [3.63, 3.8) is 0 Å². The van der Waals surface area contributed by atoms with Crippen molar-refractivity contribution < 1.29 is 9.53 Å². The number of aromatic nitrogens is 4. The Morgan fingerprint density at radius 1 is 1.19 bits per heavy atom. The number of aryl methyl sites for hydroxylation is 2. The van der Waals surface area contributed by atoms with Gasteiger partial charge in [-0.05, 0) is 32.9 Å². The standard InChI is InChI=1S/C19H23N5O2/c1-5-26-18-11-17(22-24(18)15-9-7-6-8-10-15)19(25)20-12-16-13(2)21-23(4)14(16)3/h6-11H,5,12H2,1-4H3,(H,20,25). The summed E-state index contributed by atoms with van der Waals surface area (Å²) in [6.07, 6.45) is 0. The maximum absolute atomic E-state index is 12.6. The summed E-state index contributed by atoms with van der Waals surface area (Å²) < 4.78 is 9.09. The number of carbonyl (C=O) groups is 1. The van der Waals surface area contributed by atoms with Gasteiger partial charge in [0.15, 0.2) is 5.69 Å². The number of amides is 1. The number of nitrogens with one attached hydrogen (secondary N) is 1. The average Bonchev–Trinajstić information content (AvgIpc) is 3.16. The topological polar surface area (TPSA) is 74.0 Å². The molecule has 7 nitrogen and oxygen atoms in total. The summed E-state index contributed by atoms with van der Waals surface area (Å²) in [5.41, 5.74) is 4.13. The number of hydrogen-bond donors (Lipinski definition) is 1. The molecular weight excluding hydrogens is 330 g/mol. The minimum atomic E-state index is -0.247. The summed E-state index contributed by atoms with van der Waals surface area (Å²) in [6.45, 7) is 6.72. The van der Waals surface area contributed by atoms with E-state index in [1.165, 1.54) is 0 Å². The second-order valence-electron chi connectivity index (χ2n) is 6.00. The lowest BCUT2D eigenvalue weighted by Gasteiger charge is -2.06. The lowest BCUT2D eigenvalue weighted by molar-refractivity contribution is 0.0945. The first-order valence-corrected chi connectivity index (χ1v) is 8.56. The van der Waals surface area contributed by atoms with Crippen LogP contribution in [0.4, 0.5) is 0 Å². The molecule has 0 aliphatic rings. The Balaban J connectivity index is 1.81. The minimum Gasteiger partial charge on any atom is -0.478 e. The van der Waals surface area contributed by atoms with E-state index < -0.39 is 0 Å². The van der Waals surface area contributed by atoms with Crippen molar-refractivity contribution in [3.05, 3.63) is 59.0 Å². The van der Waals surface area contributed by atoms with Gasteiger partial charge < -0.3 is 10.1 Å². The molecule has 0 fully saturated rings. The zero-order valence-corrected chi connectivity index (χ0v) is 15.5. The van der Waals surface area contributed by atoms with Gasteiger partial charge in [0.2, 0.25) is 5.88 Å². The van der Waals surface area contributed by atoms with Crippen molar-refractivity contribution in [3.8, 4) is 11.6 Å². The van der Waals surface area contributed by atoms with Gasteiger partial charge in [-0.2, -0.15) is 10.2 Å². The molecular formula is C19H23N5O2. The lowest BCUT2D eigenvalue weighted by Crippen LogP contribution is -2.24. The summed E-state index contributed by atoms with van der Waals surface area (Å²) in [5, 5.41) is 11.7. The van der Waals surface area contributed by atoms with E-state index in [4.69, 9.17) is 4.74 Å². The molecule has 0 aliphatic heterocycles. The van der Waals surface area contributed by atoms with Gasteiger partial charge in [-0.15, -0.1) is 0 Å². The lowest BCUT2D eigenvalue weighted by atomic mass is 10.2. The van der Waals surface area contributed by atoms with Crippen molar-refractivity contribution in [1.29, 1.82) is 0 Å². The van der Waals surface area contributed by atoms with E-state index in [9.17, 15) is 4.79 Å². The highest BCUT2D eigenvalue weighted by Crippen LogP contribution is 2.20. The molecule has 26 heavy (non-hydrogen) atoms. The van der Waals surface area contributed by atoms with Crippen LogP contribution in [0, 0.1) is 13.8 Å². The van der Waals surface area contributed by atoms with Crippen molar-refractivity contribution in [2.24, 2.45) is 7.05 Å². The third-order valence-corrected chi connectivity index (χ3v) is 4.29. The van der Waals surface area contributed by atoms with Gasteiger partial charge in [0, 0.05) is 30.9 Å². The minimum absolute atomic E-state index is 0.247. The number of ether oxygens (including phenoxy) is 1. The van der Waals surface area contributed by atoms with Crippen LogP contribution in [0.25, 0.3) is 5.69 Å². The maximum atomic E-state index is 12.6. The van der Waals surface area contributed by atoms with Crippen molar-refractivity contribution in [2.45, 2.75) is 27.3 Å². The largest absolute Gasteiger partial charge is 0.478 e. The molecule has 136 valence electrons. The predicted molar refractivity (Wildman–Crippen MR) is 98.6 cm³/mol. The molecule has 0 radical (unpaired) electrons. The van der Waals surface area contributed by atoms with Crippen molar-refractivity contribution in [1.82, 2.24) is 24.9 Å². The quantitative estimate of drug-likeness (QED) is 0.739. The highest BCUT2D eigenvalue weighted by Gasteiger charge is 2.17. The molecule has 0 saturated heterocycles. The number of para-hydroxylation sites is 1. The van der Waals surface area contributed by atoms with E-state index in [1.807, 2.05) is 62.8 Å². The van der Waals surface area contributed by atoms with Crippen LogP contribution < -0.4 is 10.1 Å². The summed E-state index contributed by atoms with van der Waals surface area (Å²) in [5.74, 6) is 0.292. The van der Waals surface area contributed by atoms with E-state index in [0.717, 1.165) is 22.6 Å². The van der Waals surface area contributed by atoms with Gasteiger partial charge >= 0.3 is 0 Å². The molecule has 3 rings (SSSR count). The molecule has 3 aromatic rings. The number of nitrogens with zero attached hydrogens (tertiary/aromatic N) is 4. The van der Waals surface area contributed by atoms with Crippen LogP contribution in [0.1, 0.15) is 34.4 Å². The Morgan fingerprint density at radius 3 is 2.54 bits per heavy atom. The molecule has 7 heteroatoms. The molecule has 1 amide bonds. The first kappa shape index (κ1) is 17.7. The Hall–Kier alpha value is -3.09. The monoisotopic (exact) mass is 353 g/mol. The highest BCUT2D eigenvalue weighted by molar-refractivity contribution is 5.92. The Labute approximate surface area is 152 Å². The van der Waals surface area contributed by atoms with E-state index in [2.05, 4.69) is 15.5 Å². The van der Waals surface area contributed by atoms with Crippen LogP contribution in [0.15, 0.2) is 36.4 Å². The molecule has 0 unspecified atom stereocenters. The third-order valence-electron chi connectivity index (χ3n) is 4.29. The number of benzene rings is 1. The third kappa shape index (κ3) is 3.46. The first-order valence-electron chi connectivity index (χ1n) is 8.56. The summed E-state index contributed by atoms with van der Waals surface area (Å²) >= 11 is 0. The summed E-state index contributed by atoms with van der Waals surface area (Å²) in [7, 11) is 1.89. The van der Waals surface area contributed by atoms with E-state index in [-0.39, 0.29) is 5.91 Å². The van der Waals surface area contributed by atoms with Crippen molar-refractivity contribution >= 4 is 5.91 Å². The number of rotatable bonds is 6. The van der Waals surface area contributed by atoms with E-state index in [0.29, 0.717) is 24.7 Å². The van der Waals surface area contributed by atoms with Crippen LogP contribution in [-0.2, 0) is 13.6 Å². The molecule has 0 saturated carbocycles. The van der Waals surface area contributed by atoms with Crippen LogP contribution in [0.5, 0.6) is 5.88 Å². The fourth-order valence-corrected chi connectivity index (χ4v) is 2.81. The van der Waals surface area contributed by atoms with Gasteiger partial charge in [0.05, 0.1) is 18.0 Å². The second-order valence-corrected chi connectivity index (χ2v) is 6.00. The van der Waals surface area contributed by atoms with Crippen LogP contribution in [0.2, 0.25) is 0 Å². The van der Waals surface area contributed by atoms with Gasteiger partial charge in [-0.3, -0.25) is 9.48 Å². The Kier molecular flexibility index (Phi) is 5.06. The molecule has 0 atom stereocenters. The molecule has 1 N–H and O–H groups in total. The first-order chi connectivity index (χ1) is 12.5. The Bertz CT molecular complexity index is 912. The second kappa shape index (κ2) is 7.43. The normalized spacial score (nSPS) is 10.8. The van der Waals surface area contributed by atoms with Gasteiger partial charge in [0.25, 0.3) is 5.91 Å². The van der Waals surface area contributed by atoms with Crippen LogP contribution >= 0.6 is 0 Å². The molecule has 1 aromatic carbocycles. The molecule has 0 aliphatic carbocycles.